The number of hydrogen-bond donors (Lipinski definition) is 0. The van der Waals surface area contributed by atoms with Crippen molar-refractivity contribution < 1.29 is 19.1 Å². The van der Waals surface area contributed by atoms with E-state index in [1.54, 1.807) is 6.08 Å². The lowest BCUT2D eigenvalue weighted by Crippen LogP contribution is -2.60. The van der Waals surface area contributed by atoms with Crippen LogP contribution < -0.4 is 0 Å². The van der Waals surface area contributed by atoms with Crippen molar-refractivity contribution >= 4 is 11.6 Å². The van der Waals surface area contributed by atoms with Gasteiger partial charge in [0.15, 0.2) is 17.4 Å². The minimum atomic E-state index is -0.536. The fourth-order valence-corrected chi connectivity index (χ4v) is 7.47. The summed E-state index contributed by atoms with van der Waals surface area (Å²) in [5.74, 6) is 0.976. The smallest absolute Gasteiger partial charge is 0.182 e. The monoisotopic (exact) mass is 394 g/mol. The summed E-state index contributed by atoms with van der Waals surface area (Å²) < 4.78 is 13.7. The lowest BCUT2D eigenvalue weighted by Gasteiger charge is -2.56. The second kappa shape index (κ2) is 5.59. The minimum absolute atomic E-state index is 0.0117. The van der Waals surface area contributed by atoms with Crippen LogP contribution in [0.3, 0.4) is 0 Å². The van der Waals surface area contributed by atoms with Gasteiger partial charge in [-0.1, -0.05) is 13.0 Å². The molecule has 4 nitrogen and oxygen atoms in total. The number of ketones is 2. The maximum absolute atomic E-state index is 13.0. The Morgan fingerprint density at radius 1 is 1.00 bits per heavy atom. The van der Waals surface area contributed by atoms with Crippen LogP contribution in [0.25, 0.3) is 0 Å². The van der Waals surface area contributed by atoms with Crippen LogP contribution in [-0.4, -0.2) is 28.6 Å². The molecule has 2 saturated heterocycles. The molecule has 0 radical (unpaired) electrons. The number of fused-ring (bicyclic) bond motifs is 3. The molecule has 2 heterocycles. The van der Waals surface area contributed by atoms with Crippen molar-refractivity contribution in [3.8, 4) is 0 Å². The highest BCUT2D eigenvalue weighted by Crippen LogP contribution is 2.66. The number of hydrogen-bond acceptors (Lipinski definition) is 4. The number of carbonyl (C=O) groups excluding carboxylic acids is 2. The van der Waals surface area contributed by atoms with Gasteiger partial charge in [-0.2, -0.15) is 0 Å². The molecule has 6 unspecified atom stereocenters. The number of carbonyl (C=O) groups is 2. The summed E-state index contributed by atoms with van der Waals surface area (Å²) in [7, 11) is 0. The summed E-state index contributed by atoms with van der Waals surface area (Å²) in [5, 5.41) is 0. The molecule has 6 atom stereocenters. The quantitative estimate of drug-likeness (QED) is 0.609. The zero-order valence-electron chi connectivity index (χ0n) is 17.6. The van der Waals surface area contributed by atoms with Crippen LogP contribution in [0.5, 0.6) is 0 Å². The van der Waals surface area contributed by atoms with Crippen LogP contribution in [0, 0.1) is 23.7 Å². The summed E-state index contributed by atoms with van der Waals surface area (Å²) in [6, 6.07) is 0. The third kappa shape index (κ3) is 2.28. The molecule has 1 saturated carbocycles. The van der Waals surface area contributed by atoms with Crippen LogP contribution in [0.1, 0.15) is 65.7 Å². The molecule has 4 heteroatoms. The Balaban J connectivity index is 1.47. The van der Waals surface area contributed by atoms with E-state index in [-0.39, 0.29) is 23.1 Å². The number of rotatable bonds is 0. The highest BCUT2D eigenvalue weighted by Gasteiger charge is 2.68. The van der Waals surface area contributed by atoms with E-state index in [0.29, 0.717) is 29.7 Å². The Morgan fingerprint density at radius 3 is 2.59 bits per heavy atom. The average Bonchev–Trinajstić information content (AvgIpc) is 3.16. The van der Waals surface area contributed by atoms with Gasteiger partial charge in [-0.15, -0.1) is 0 Å². The normalized spacial score (nSPS) is 47.2. The fraction of sp³-hybridized carbons (Fsp3) is 0.680. The molecule has 154 valence electrons. The molecule has 0 aromatic heterocycles. The standard InChI is InChI=1S/C25H30O4/c1-14-16-8-9-24(29-25(14)11-10-23(2,3)28-25)20(16)7-6-18-17-5-4-15(26)12-19(17)22(27)13-21(18)24/h6,12-14,16-17,20H,4-5,7-11H2,1-3H3. The molecule has 29 heavy (non-hydrogen) atoms. The zero-order chi connectivity index (χ0) is 20.2. The van der Waals surface area contributed by atoms with Gasteiger partial charge in [0.1, 0.15) is 5.60 Å². The Morgan fingerprint density at radius 2 is 1.83 bits per heavy atom. The third-order valence-corrected chi connectivity index (χ3v) is 8.85. The average molecular weight is 395 g/mol. The van der Waals surface area contributed by atoms with Gasteiger partial charge in [0.25, 0.3) is 0 Å². The molecule has 2 bridgehead atoms. The Hall–Kier alpha value is -1.52. The molecule has 0 aromatic rings. The van der Waals surface area contributed by atoms with Crippen LogP contribution in [-0.2, 0) is 19.1 Å². The van der Waals surface area contributed by atoms with Crippen molar-refractivity contribution in [1.29, 1.82) is 0 Å². The summed E-state index contributed by atoms with van der Waals surface area (Å²) >= 11 is 0. The van der Waals surface area contributed by atoms with E-state index < -0.39 is 11.4 Å². The predicted octanol–water partition coefficient (Wildman–Crippen LogP) is 4.45. The Kier molecular flexibility index (Phi) is 3.52. The van der Waals surface area contributed by atoms with Crippen molar-refractivity contribution in [2.75, 3.05) is 0 Å². The van der Waals surface area contributed by atoms with Crippen molar-refractivity contribution in [1.82, 2.24) is 0 Å². The molecule has 6 rings (SSSR count). The second-order valence-electron chi connectivity index (χ2n) is 10.7. The highest BCUT2D eigenvalue weighted by atomic mass is 16.7. The van der Waals surface area contributed by atoms with Crippen molar-refractivity contribution in [3.05, 3.63) is 34.9 Å². The van der Waals surface area contributed by atoms with E-state index in [1.165, 1.54) is 5.57 Å². The van der Waals surface area contributed by atoms with E-state index in [1.807, 2.05) is 6.08 Å². The number of ether oxygens (including phenoxy) is 2. The molecule has 1 spiro atoms. The minimum Gasteiger partial charge on any atom is -0.344 e. The van der Waals surface area contributed by atoms with Gasteiger partial charge >= 0.3 is 0 Å². The summed E-state index contributed by atoms with van der Waals surface area (Å²) in [6.07, 6.45) is 12.1. The molecule has 0 aromatic carbocycles. The van der Waals surface area contributed by atoms with Gasteiger partial charge < -0.3 is 9.47 Å². The van der Waals surface area contributed by atoms with Gasteiger partial charge in [-0.25, -0.2) is 0 Å². The van der Waals surface area contributed by atoms with Gasteiger partial charge in [0.05, 0.1) is 5.60 Å². The summed E-state index contributed by atoms with van der Waals surface area (Å²) in [4.78, 5) is 25.0. The lowest BCUT2D eigenvalue weighted by molar-refractivity contribution is -0.340. The van der Waals surface area contributed by atoms with E-state index in [4.69, 9.17) is 9.47 Å². The SMILES string of the molecule is CC1C2CCC3(OC14CCC(C)(C)O4)C1=CC(=O)C4=CC(=O)CCC4C1=CCC23. The molecule has 0 amide bonds. The molecule has 3 fully saturated rings. The molecule has 4 aliphatic carbocycles. The van der Waals surface area contributed by atoms with Crippen molar-refractivity contribution in [2.45, 2.75) is 82.7 Å². The van der Waals surface area contributed by atoms with Crippen LogP contribution in [0.15, 0.2) is 34.9 Å². The van der Waals surface area contributed by atoms with Gasteiger partial charge in [-0.3, -0.25) is 9.59 Å². The second-order valence-corrected chi connectivity index (χ2v) is 10.7. The summed E-state index contributed by atoms with van der Waals surface area (Å²) in [6.45, 7) is 6.64. The van der Waals surface area contributed by atoms with Gasteiger partial charge in [0.2, 0.25) is 0 Å². The first kappa shape index (κ1) is 18.3. The highest BCUT2D eigenvalue weighted by molar-refractivity contribution is 6.12. The maximum atomic E-state index is 13.0. The van der Waals surface area contributed by atoms with Gasteiger partial charge in [0, 0.05) is 30.3 Å². The van der Waals surface area contributed by atoms with Crippen LogP contribution >= 0.6 is 0 Å². The maximum Gasteiger partial charge on any atom is 0.182 e. The predicted molar refractivity (Wildman–Crippen MR) is 108 cm³/mol. The Bertz CT molecular complexity index is 921. The van der Waals surface area contributed by atoms with Crippen LogP contribution in [0.2, 0.25) is 0 Å². The van der Waals surface area contributed by atoms with Crippen molar-refractivity contribution in [3.63, 3.8) is 0 Å². The largest absolute Gasteiger partial charge is 0.344 e. The molecule has 2 aliphatic heterocycles. The number of allylic oxidation sites excluding steroid dienone is 4. The molecular formula is C25H30O4. The van der Waals surface area contributed by atoms with Gasteiger partial charge in [-0.05, 0) is 81.1 Å². The molecular weight excluding hydrogens is 364 g/mol. The van der Waals surface area contributed by atoms with E-state index in [0.717, 1.165) is 44.1 Å². The van der Waals surface area contributed by atoms with E-state index >= 15 is 0 Å². The lowest BCUT2D eigenvalue weighted by atomic mass is 9.60. The van der Waals surface area contributed by atoms with Crippen molar-refractivity contribution in [2.24, 2.45) is 23.7 Å². The van der Waals surface area contributed by atoms with Crippen LogP contribution in [0.4, 0.5) is 0 Å². The van der Waals surface area contributed by atoms with E-state index in [9.17, 15) is 9.59 Å². The molecule has 0 N–H and O–H groups in total. The first-order chi connectivity index (χ1) is 13.7. The Labute approximate surface area is 172 Å². The molecule has 6 aliphatic rings. The first-order valence-corrected chi connectivity index (χ1v) is 11.4. The fourth-order valence-electron chi connectivity index (χ4n) is 7.47. The zero-order valence-corrected chi connectivity index (χ0v) is 17.6. The van der Waals surface area contributed by atoms with E-state index in [2.05, 4.69) is 26.8 Å². The topological polar surface area (TPSA) is 52.6 Å². The summed E-state index contributed by atoms with van der Waals surface area (Å²) in [5.41, 5.74) is 2.49. The third-order valence-electron chi connectivity index (χ3n) is 8.85. The first-order valence-electron chi connectivity index (χ1n) is 11.4.